The molecular weight excluding hydrogens is 222 g/mol. The van der Waals surface area contributed by atoms with Crippen LogP contribution in [0.5, 0.6) is 0 Å². The van der Waals surface area contributed by atoms with Gasteiger partial charge in [0.15, 0.2) is 0 Å². The van der Waals surface area contributed by atoms with Crippen molar-refractivity contribution in [3.8, 4) is 0 Å². The van der Waals surface area contributed by atoms with Gasteiger partial charge in [0.1, 0.15) is 5.03 Å². The first-order valence-corrected chi connectivity index (χ1v) is 5.80. The van der Waals surface area contributed by atoms with E-state index in [9.17, 15) is 4.79 Å². The van der Waals surface area contributed by atoms with Crippen molar-refractivity contribution in [3.63, 3.8) is 0 Å². The summed E-state index contributed by atoms with van der Waals surface area (Å²) < 4.78 is 0. The zero-order valence-electron chi connectivity index (χ0n) is 8.80. The number of aromatic nitrogens is 2. The molecule has 0 saturated carbocycles. The molecule has 0 saturated heterocycles. The summed E-state index contributed by atoms with van der Waals surface area (Å²) >= 11 is 1.32. The number of benzene rings is 1. The molecule has 0 aliphatic rings. The van der Waals surface area contributed by atoms with Gasteiger partial charge in [0.05, 0.1) is 22.5 Å². The lowest BCUT2D eigenvalue weighted by Gasteiger charge is -2.04. The van der Waals surface area contributed by atoms with E-state index in [1.54, 1.807) is 0 Å². The number of nitrogens with two attached hydrogens (primary N) is 1. The van der Waals surface area contributed by atoms with Gasteiger partial charge in [0.25, 0.3) is 0 Å². The van der Waals surface area contributed by atoms with Crippen LogP contribution in [0.4, 0.5) is 0 Å². The molecule has 1 heterocycles. The summed E-state index contributed by atoms with van der Waals surface area (Å²) in [5, 5.41) is 0.762. The number of fused-ring (bicyclic) bond motifs is 1. The van der Waals surface area contributed by atoms with E-state index in [1.807, 2.05) is 31.2 Å². The number of amides is 1. The van der Waals surface area contributed by atoms with E-state index >= 15 is 0 Å². The second-order valence-electron chi connectivity index (χ2n) is 3.36. The Bertz CT molecular complexity index is 542. The minimum absolute atomic E-state index is 0.230. The van der Waals surface area contributed by atoms with Crippen LogP contribution in [0.1, 0.15) is 5.69 Å². The van der Waals surface area contributed by atoms with Gasteiger partial charge in [-0.15, -0.1) is 0 Å². The van der Waals surface area contributed by atoms with E-state index in [2.05, 4.69) is 9.97 Å². The number of carbonyl (C=O) groups excluding carboxylic acids is 1. The largest absolute Gasteiger partial charge is 0.369 e. The van der Waals surface area contributed by atoms with E-state index in [0.717, 1.165) is 21.8 Å². The lowest BCUT2D eigenvalue weighted by atomic mass is 10.3. The van der Waals surface area contributed by atoms with E-state index < -0.39 is 0 Å². The van der Waals surface area contributed by atoms with Crippen LogP contribution >= 0.6 is 11.8 Å². The number of primary amides is 1. The number of carbonyl (C=O) groups is 1. The van der Waals surface area contributed by atoms with Crippen LogP contribution in [0.3, 0.4) is 0 Å². The Morgan fingerprint density at radius 1 is 1.31 bits per heavy atom. The zero-order chi connectivity index (χ0) is 11.5. The fourth-order valence-corrected chi connectivity index (χ4v) is 2.04. The molecule has 0 bridgehead atoms. The topological polar surface area (TPSA) is 68.9 Å². The number of hydrogen-bond donors (Lipinski definition) is 1. The van der Waals surface area contributed by atoms with Gasteiger partial charge in [-0.25, -0.2) is 9.97 Å². The molecule has 0 aliphatic carbocycles. The molecule has 82 valence electrons. The number of para-hydroxylation sites is 2. The van der Waals surface area contributed by atoms with E-state index in [-0.39, 0.29) is 11.7 Å². The Morgan fingerprint density at radius 2 is 1.94 bits per heavy atom. The number of aryl methyl sites for hydroxylation is 1. The lowest BCUT2D eigenvalue weighted by molar-refractivity contribution is -0.115. The second kappa shape index (κ2) is 4.49. The fourth-order valence-electron chi connectivity index (χ4n) is 1.35. The molecule has 0 atom stereocenters. The molecule has 1 amide bonds. The van der Waals surface area contributed by atoms with Gasteiger partial charge >= 0.3 is 0 Å². The third-order valence-electron chi connectivity index (χ3n) is 2.05. The summed E-state index contributed by atoms with van der Waals surface area (Å²) in [5.74, 6) is -0.118. The predicted octanol–water partition coefficient (Wildman–Crippen LogP) is 1.52. The van der Waals surface area contributed by atoms with Gasteiger partial charge < -0.3 is 5.73 Å². The number of nitrogens with zero attached hydrogens (tertiary/aromatic N) is 2. The predicted molar refractivity (Wildman–Crippen MR) is 64.2 cm³/mol. The first-order chi connectivity index (χ1) is 7.66. The summed E-state index contributed by atoms with van der Waals surface area (Å²) in [6.45, 7) is 1.88. The van der Waals surface area contributed by atoms with Gasteiger partial charge in [0, 0.05) is 0 Å². The third kappa shape index (κ3) is 2.30. The molecule has 2 N–H and O–H groups in total. The van der Waals surface area contributed by atoms with Gasteiger partial charge in [-0.05, 0) is 19.1 Å². The van der Waals surface area contributed by atoms with Crippen molar-refractivity contribution in [2.75, 3.05) is 5.75 Å². The summed E-state index contributed by atoms with van der Waals surface area (Å²) in [5.41, 5.74) is 7.62. The van der Waals surface area contributed by atoms with Gasteiger partial charge in [-0.3, -0.25) is 4.79 Å². The summed E-state index contributed by atoms with van der Waals surface area (Å²) in [6, 6.07) is 7.65. The van der Waals surface area contributed by atoms with Crippen molar-refractivity contribution >= 4 is 28.7 Å². The highest BCUT2D eigenvalue weighted by Crippen LogP contribution is 2.21. The van der Waals surface area contributed by atoms with Crippen molar-refractivity contribution in [1.29, 1.82) is 0 Å². The molecular formula is C11H11N3OS. The Balaban J connectivity index is 2.38. The monoisotopic (exact) mass is 233 g/mol. The molecule has 0 unspecified atom stereocenters. The van der Waals surface area contributed by atoms with E-state index in [1.165, 1.54) is 11.8 Å². The average Bonchev–Trinajstić information content (AvgIpc) is 2.26. The second-order valence-corrected chi connectivity index (χ2v) is 4.32. The number of thioether (sulfide) groups is 1. The third-order valence-corrected chi connectivity index (χ3v) is 3.14. The maximum absolute atomic E-state index is 10.7. The molecule has 0 aliphatic heterocycles. The number of hydrogen-bond acceptors (Lipinski definition) is 4. The average molecular weight is 233 g/mol. The highest BCUT2D eigenvalue weighted by Gasteiger charge is 2.06. The van der Waals surface area contributed by atoms with Gasteiger partial charge in [-0.1, -0.05) is 23.9 Å². The van der Waals surface area contributed by atoms with E-state index in [0.29, 0.717) is 0 Å². The Labute approximate surface area is 97.3 Å². The van der Waals surface area contributed by atoms with E-state index in [4.69, 9.17) is 5.73 Å². The molecule has 0 spiro atoms. The Morgan fingerprint density at radius 3 is 2.56 bits per heavy atom. The van der Waals surface area contributed by atoms with Gasteiger partial charge in [0.2, 0.25) is 5.91 Å². The van der Waals surface area contributed by atoms with Crippen LogP contribution < -0.4 is 5.73 Å². The van der Waals surface area contributed by atoms with Crippen LogP contribution in [0.25, 0.3) is 11.0 Å². The standard InChI is InChI=1S/C11H11N3OS/c1-7-11(16-6-10(12)15)14-9-5-3-2-4-8(9)13-7/h2-5H,6H2,1H3,(H2,12,15). The van der Waals surface area contributed by atoms with Crippen LogP contribution in [-0.4, -0.2) is 21.6 Å². The first kappa shape index (κ1) is 10.9. The maximum Gasteiger partial charge on any atom is 0.227 e. The molecule has 0 radical (unpaired) electrons. The highest BCUT2D eigenvalue weighted by atomic mass is 32.2. The minimum atomic E-state index is -0.348. The van der Waals surface area contributed by atoms with Crippen molar-refractivity contribution in [3.05, 3.63) is 30.0 Å². The molecule has 1 aromatic heterocycles. The SMILES string of the molecule is Cc1nc2ccccc2nc1SCC(N)=O. The van der Waals surface area contributed by atoms with Crippen molar-refractivity contribution in [2.45, 2.75) is 11.9 Å². The quantitative estimate of drug-likeness (QED) is 0.816. The summed E-state index contributed by atoms with van der Waals surface area (Å²) in [4.78, 5) is 19.6. The maximum atomic E-state index is 10.7. The smallest absolute Gasteiger partial charge is 0.227 e. The van der Waals surface area contributed by atoms with Crippen LogP contribution in [-0.2, 0) is 4.79 Å². The Hall–Kier alpha value is -1.62. The van der Waals surface area contributed by atoms with Gasteiger partial charge in [-0.2, -0.15) is 0 Å². The van der Waals surface area contributed by atoms with Crippen LogP contribution in [0.15, 0.2) is 29.3 Å². The molecule has 1 aromatic carbocycles. The zero-order valence-corrected chi connectivity index (χ0v) is 9.62. The first-order valence-electron chi connectivity index (χ1n) is 4.81. The molecule has 0 fully saturated rings. The summed E-state index contributed by atoms with van der Waals surface area (Å²) in [6.07, 6.45) is 0. The minimum Gasteiger partial charge on any atom is -0.369 e. The number of rotatable bonds is 3. The molecule has 2 aromatic rings. The molecule has 4 nitrogen and oxygen atoms in total. The van der Waals surface area contributed by atoms with Crippen molar-refractivity contribution in [1.82, 2.24) is 9.97 Å². The molecule has 2 rings (SSSR count). The summed E-state index contributed by atoms with van der Waals surface area (Å²) in [7, 11) is 0. The molecule has 16 heavy (non-hydrogen) atoms. The van der Waals surface area contributed by atoms with Crippen LogP contribution in [0.2, 0.25) is 0 Å². The normalized spacial score (nSPS) is 10.6. The van der Waals surface area contributed by atoms with Crippen molar-refractivity contribution in [2.24, 2.45) is 5.73 Å². The highest BCUT2D eigenvalue weighted by molar-refractivity contribution is 7.99. The van der Waals surface area contributed by atoms with Crippen molar-refractivity contribution < 1.29 is 4.79 Å². The molecule has 5 heteroatoms. The fraction of sp³-hybridized carbons (Fsp3) is 0.182. The van der Waals surface area contributed by atoms with Crippen LogP contribution in [0, 0.1) is 6.92 Å². The lowest BCUT2D eigenvalue weighted by Crippen LogP contribution is -2.13. The Kier molecular flexibility index (Phi) is 3.05.